The molecule has 6 heteroatoms. The van der Waals surface area contributed by atoms with E-state index in [-0.39, 0.29) is 11.7 Å². The Morgan fingerprint density at radius 2 is 2.16 bits per heavy atom. The summed E-state index contributed by atoms with van der Waals surface area (Å²) in [5.41, 5.74) is -1.02. The lowest BCUT2D eigenvalue weighted by molar-refractivity contribution is -0.151. The number of benzene rings is 1. The van der Waals surface area contributed by atoms with E-state index in [4.69, 9.17) is 5.11 Å². The molecule has 2 N–H and O–H groups in total. The minimum atomic E-state index is -1.02. The van der Waals surface area contributed by atoms with Crippen LogP contribution in [-0.2, 0) is 9.59 Å². The first-order valence-electron chi connectivity index (χ1n) is 5.95. The molecule has 4 nitrogen and oxygen atoms in total. The molecular weight excluding hydrogens is 330 g/mol. The molecule has 0 radical (unpaired) electrons. The third-order valence-electron chi connectivity index (χ3n) is 3.16. The molecule has 0 saturated heterocycles. The Labute approximate surface area is 124 Å². The lowest BCUT2D eigenvalue weighted by atomic mass is 9.77. The number of hydrogen-bond donors (Lipinski definition) is 2. The van der Waals surface area contributed by atoms with E-state index in [1.165, 1.54) is 11.8 Å². The Kier molecular flexibility index (Phi) is 4.52. The number of carboxylic acids is 1. The summed E-state index contributed by atoms with van der Waals surface area (Å²) < 4.78 is 0.957. The Morgan fingerprint density at radius 3 is 2.68 bits per heavy atom. The van der Waals surface area contributed by atoms with Gasteiger partial charge in [-0.25, -0.2) is 4.79 Å². The molecule has 1 aliphatic carbocycles. The van der Waals surface area contributed by atoms with Gasteiger partial charge in [0.25, 0.3) is 0 Å². The van der Waals surface area contributed by atoms with Crippen LogP contribution in [0, 0.1) is 0 Å². The summed E-state index contributed by atoms with van der Waals surface area (Å²) in [6.45, 7) is 0. The number of amides is 1. The van der Waals surface area contributed by atoms with Crippen molar-refractivity contribution in [1.82, 2.24) is 5.32 Å². The van der Waals surface area contributed by atoms with Crippen LogP contribution >= 0.6 is 27.7 Å². The fourth-order valence-electron chi connectivity index (χ4n) is 1.93. The molecule has 0 heterocycles. The van der Waals surface area contributed by atoms with Gasteiger partial charge in [0, 0.05) is 9.37 Å². The average Bonchev–Trinajstić information content (AvgIpc) is 2.31. The van der Waals surface area contributed by atoms with Gasteiger partial charge in [-0.05, 0) is 37.5 Å². The minimum Gasteiger partial charge on any atom is -0.480 e. The number of nitrogens with one attached hydrogen (secondary N) is 1. The topological polar surface area (TPSA) is 66.4 Å². The normalized spacial score (nSPS) is 16.5. The highest BCUT2D eigenvalue weighted by Crippen LogP contribution is 2.32. The number of thioether (sulfide) groups is 1. The first-order valence-corrected chi connectivity index (χ1v) is 7.72. The van der Waals surface area contributed by atoms with Gasteiger partial charge < -0.3 is 10.4 Å². The summed E-state index contributed by atoms with van der Waals surface area (Å²) in [5.74, 6) is -0.933. The van der Waals surface area contributed by atoms with Crippen LogP contribution < -0.4 is 5.32 Å². The zero-order valence-corrected chi connectivity index (χ0v) is 12.6. The van der Waals surface area contributed by atoms with Crippen molar-refractivity contribution in [2.75, 3.05) is 5.75 Å². The van der Waals surface area contributed by atoms with Gasteiger partial charge in [-0.3, -0.25) is 4.79 Å². The molecular formula is C13H14BrNO3S. The predicted molar refractivity (Wildman–Crippen MR) is 77.2 cm³/mol. The molecule has 0 unspecified atom stereocenters. The van der Waals surface area contributed by atoms with Gasteiger partial charge in [0.1, 0.15) is 5.54 Å². The summed E-state index contributed by atoms with van der Waals surface area (Å²) in [6.07, 6.45) is 1.90. The Hall–Kier alpha value is -1.01. The summed E-state index contributed by atoms with van der Waals surface area (Å²) in [5, 5.41) is 11.8. The maximum absolute atomic E-state index is 11.8. The van der Waals surface area contributed by atoms with E-state index < -0.39 is 11.5 Å². The van der Waals surface area contributed by atoms with E-state index in [0.717, 1.165) is 15.8 Å². The van der Waals surface area contributed by atoms with Crippen LogP contribution in [0.2, 0.25) is 0 Å². The van der Waals surface area contributed by atoms with E-state index >= 15 is 0 Å². The van der Waals surface area contributed by atoms with Crippen molar-refractivity contribution < 1.29 is 14.7 Å². The van der Waals surface area contributed by atoms with Crippen molar-refractivity contribution in [3.05, 3.63) is 28.7 Å². The summed E-state index contributed by atoms with van der Waals surface area (Å²) in [7, 11) is 0. The maximum Gasteiger partial charge on any atom is 0.329 e. The molecule has 0 aromatic heterocycles. The molecule has 0 bridgehead atoms. The van der Waals surface area contributed by atoms with Gasteiger partial charge in [-0.15, -0.1) is 11.8 Å². The first-order chi connectivity index (χ1) is 9.02. The van der Waals surface area contributed by atoms with Crippen LogP contribution in [-0.4, -0.2) is 28.3 Å². The molecule has 1 saturated carbocycles. The number of carbonyl (C=O) groups is 2. The second-order valence-electron chi connectivity index (χ2n) is 4.54. The fourth-order valence-corrected chi connectivity index (χ4v) is 3.24. The van der Waals surface area contributed by atoms with Gasteiger partial charge >= 0.3 is 5.97 Å². The molecule has 1 aromatic carbocycles. The van der Waals surface area contributed by atoms with E-state index in [0.29, 0.717) is 12.8 Å². The minimum absolute atomic E-state index is 0.228. The quantitative estimate of drug-likeness (QED) is 0.806. The number of carbonyl (C=O) groups excluding carboxylic acids is 1. The van der Waals surface area contributed by atoms with Crippen LogP contribution in [0.5, 0.6) is 0 Å². The number of rotatable bonds is 5. The fraction of sp³-hybridized carbons (Fsp3) is 0.385. The number of halogens is 1. The molecule has 102 valence electrons. The lowest BCUT2D eigenvalue weighted by Gasteiger charge is -2.38. The summed E-state index contributed by atoms with van der Waals surface area (Å²) >= 11 is 4.76. The largest absolute Gasteiger partial charge is 0.480 e. The number of carboxylic acid groups (broad SMARTS) is 1. The third kappa shape index (κ3) is 3.51. The SMILES string of the molecule is O=C(CSc1cccc(Br)c1)NC1(C(=O)O)CCC1. The number of aliphatic carboxylic acids is 1. The van der Waals surface area contributed by atoms with Crippen molar-refractivity contribution >= 4 is 39.6 Å². The monoisotopic (exact) mass is 343 g/mol. The summed E-state index contributed by atoms with van der Waals surface area (Å²) in [4.78, 5) is 23.9. The average molecular weight is 344 g/mol. The van der Waals surface area contributed by atoms with Crippen LogP contribution in [0.1, 0.15) is 19.3 Å². The molecule has 1 amide bonds. The van der Waals surface area contributed by atoms with Crippen LogP contribution in [0.15, 0.2) is 33.6 Å². The molecule has 0 spiro atoms. The van der Waals surface area contributed by atoms with Crippen LogP contribution in [0.4, 0.5) is 0 Å². The van der Waals surface area contributed by atoms with Crippen LogP contribution in [0.25, 0.3) is 0 Å². The molecule has 0 atom stereocenters. The highest BCUT2D eigenvalue weighted by Gasteiger charge is 2.45. The highest BCUT2D eigenvalue weighted by atomic mass is 79.9. The van der Waals surface area contributed by atoms with Crippen molar-refractivity contribution in [3.63, 3.8) is 0 Å². The molecule has 19 heavy (non-hydrogen) atoms. The Balaban J connectivity index is 1.86. The Bertz CT molecular complexity index is 502. The molecule has 1 fully saturated rings. The zero-order valence-electron chi connectivity index (χ0n) is 10.2. The molecule has 1 aromatic rings. The summed E-state index contributed by atoms with van der Waals surface area (Å²) in [6, 6.07) is 7.65. The standard InChI is InChI=1S/C13H14BrNO3S/c14-9-3-1-4-10(7-9)19-8-11(16)15-13(12(17)18)5-2-6-13/h1,3-4,7H,2,5-6,8H2,(H,15,16)(H,17,18). The van der Waals surface area contributed by atoms with E-state index in [2.05, 4.69) is 21.2 Å². The zero-order chi connectivity index (χ0) is 13.9. The number of hydrogen-bond acceptors (Lipinski definition) is 3. The second kappa shape index (κ2) is 5.96. The van der Waals surface area contributed by atoms with Gasteiger partial charge in [0.2, 0.25) is 5.91 Å². The second-order valence-corrected chi connectivity index (χ2v) is 6.50. The van der Waals surface area contributed by atoms with Gasteiger partial charge in [0.05, 0.1) is 5.75 Å². The predicted octanol–water partition coefficient (Wildman–Crippen LogP) is 2.66. The molecule has 2 rings (SSSR count). The van der Waals surface area contributed by atoms with Crippen LogP contribution in [0.3, 0.4) is 0 Å². The van der Waals surface area contributed by atoms with Crippen molar-refractivity contribution in [1.29, 1.82) is 0 Å². The van der Waals surface area contributed by atoms with Crippen molar-refractivity contribution in [2.24, 2.45) is 0 Å². The van der Waals surface area contributed by atoms with Gasteiger partial charge in [0.15, 0.2) is 0 Å². The molecule has 0 aliphatic heterocycles. The lowest BCUT2D eigenvalue weighted by Crippen LogP contribution is -2.59. The maximum atomic E-state index is 11.8. The Morgan fingerprint density at radius 1 is 1.42 bits per heavy atom. The van der Waals surface area contributed by atoms with Crippen molar-refractivity contribution in [2.45, 2.75) is 29.7 Å². The van der Waals surface area contributed by atoms with Gasteiger partial charge in [-0.2, -0.15) is 0 Å². The van der Waals surface area contributed by atoms with E-state index in [1.807, 2.05) is 24.3 Å². The highest BCUT2D eigenvalue weighted by molar-refractivity contribution is 9.10. The molecule has 1 aliphatic rings. The van der Waals surface area contributed by atoms with E-state index in [9.17, 15) is 9.59 Å². The smallest absolute Gasteiger partial charge is 0.329 e. The first kappa shape index (κ1) is 14.4. The third-order valence-corrected chi connectivity index (χ3v) is 4.65. The van der Waals surface area contributed by atoms with Crippen molar-refractivity contribution in [3.8, 4) is 0 Å². The van der Waals surface area contributed by atoms with Gasteiger partial charge in [-0.1, -0.05) is 22.0 Å². The van der Waals surface area contributed by atoms with E-state index in [1.54, 1.807) is 0 Å².